The summed E-state index contributed by atoms with van der Waals surface area (Å²) in [6.45, 7) is 0.498. The lowest BCUT2D eigenvalue weighted by Crippen LogP contribution is -2.22. The first-order chi connectivity index (χ1) is 7.69. The van der Waals surface area contributed by atoms with Crippen molar-refractivity contribution in [3.05, 3.63) is 29.6 Å². The molecule has 4 nitrogen and oxygen atoms in total. The average molecular weight is 219 g/mol. The highest BCUT2D eigenvalue weighted by molar-refractivity contribution is 5.79. The number of hydrogen-bond acceptors (Lipinski definition) is 3. The van der Waals surface area contributed by atoms with Gasteiger partial charge in [-0.05, 0) is 18.2 Å². The molecule has 1 heterocycles. The second-order valence-electron chi connectivity index (χ2n) is 3.66. The Kier molecular flexibility index (Phi) is 2.73. The van der Waals surface area contributed by atoms with Gasteiger partial charge in [0.05, 0.1) is 23.4 Å². The minimum Gasteiger partial charge on any atom is -0.378 e. The number of hydrogen-bond donors (Lipinski definition) is 2. The number of nitrogens with one attached hydrogen (secondary N) is 2. The Bertz CT molecular complexity index is 467. The molecule has 1 fully saturated rings. The molecule has 0 saturated carbocycles. The van der Waals surface area contributed by atoms with Gasteiger partial charge in [0.25, 0.3) is 0 Å². The maximum absolute atomic E-state index is 13.5. The Labute approximate surface area is 92.1 Å². The van der Waals surface area contributed by atoms with Gasteiger partial charge >= 0.3 is 0 Å². The molecule has 16 heavy (non-hydrogen) atoms. The lowest BCUT2D eigenvalue weighted by molar-refractivity contribution is -0.119. The molecule has 1 amide bonds. The van der Waals surface area contributed by atoms with Crippen molar-refractivity contribution in [2.24, 2.45) is 0 Å². The van der Waals surface area contributed by atoms with E-state index in [1.807, 2.05) is 6.07 Å². The first-order valence-electron chi connectivity index (χ1n) is 4.92. The number of carbonyl (C=O) groups excluding carboxylic acids is 1. The Morgan fingerprint density at radius 1 is 1.56 bits per heavy atom. The van der Waals surface area contributed by atoms with Gasteiger partial charge in [-0.3, -0.25) is 4.79 Å². The molecule has 1 atom stereocenters. The van der Waals surface area contributed by atoms with Crippen LogP contribution in [0.15, 0.2) is 18.2 Å². The number of benzene rings is 1. The minimum absolute atomic E-state index is 0.0356. The van der Waals surface area contributed by atoms with Crippen LogP contribution in [-0.4, -0.2) is 18.5 Å². The van der Waals surface area contributed by atoms with Gasteiger partial charge in [0.1, 0.15) is 5.82 Å². The molecule has 1 aliphatic rings. The van der Waals surface area contributed by atoms with Crippen molar-refractivity contribution in [2.75, 3.05) is 11.9 Å². The standard InChI is InChI=1S/C11H10FN3O/c12-9-3-7(5-13)1-2-10(9)15-8-4-11(16)14-6-8/h1-3,8,15H,4,6H2,(H,14,16)/t8-/m0/s1. The molecule has 0 radical (unpaired) electrons. The zero-order valence-electron chi connectivity index (χ0n) is 8.46. The van der Waals surface area contributed by atoms with E-state index in [0.29, 0.717) is 18.7 Å². The number of nitriles is 1. The molecule has 0 unspecified atom stereocenters. The monoisotopic (exact) mass is 219 g/mol. The van der Waals surface area contributed by atoms with Gasteiger partial charge in [-0.1, -0.05) is 0 Å². The first kappa shape index (κ1) is 10.4. The van der Waals surface area contributed by atoms with Crippen molar-refractivity contribution in [1.29, 1.82) is 5.26 Å². The number of carbonyl (C=O) groups is 1. The molecule has 0 spiro atoms. The van der Waals surface area contributed by atoms with Gasteiger partial charge in [-0.2, -0.15) is 5.26 Å². The van der Waals surface area contributed by atoms with Gasteiger partial charge in [0.15, 0.2) is 0 Å². The molecule has 0 aliphatic carbocycles. The van der Waals surface area contributed by atoms with Crippen molar-refractivity contribution in [1.82, 2.24) is 5.32 Å². The summed E-state index contributed by atoms with van der Waals surface area (Å²) in [6.07, 6.45) is 0.347. The molecule has 1 saturated heterocycles. The molecule has 2 N–H and O–H groups in total. The molecule has 1 aromatic carbocycles. The highest BCUT2D eigenvalue weighted by atomic mass is 19.1. The highest BCUT2D eigenvalue weighted by Crippen LogP contribution is 2.17. The fourth-order valence-corrected chi connectivity index (χ4v) is 1.63. The smallest absolute Gasteiger partial charge is 0.222 e. The van der Waals surface area contributed by atoms with Gasteiger partial charge in [-0.15, -0.1) is 0 Å². The van der Waals surface area contributed by atoms with Crippen molar-refractivity contribution in [3.63, 3.8) is 0 Å². The van der Waals surface area contributed by atoms with E-state index < -0.39 is 5.82 Å². The normalized spacial score (nSPS) is 19.0. The predicted molar refractivity (Wildman–Crippen MR) is 56.2 cm³/mol. The maximum atomic E-state index is 13.5. The summed E-state index contributed by atoms with van der Waals surface area (Å²) in [6, 6.07) is 5.99. The Hall–Kier alpha value is -2.09. The van der Waals surface area contributed by atoms with Crippen LogP contribution in [0.5, 0.6) is 0 Å². The SMILES string of the molecule is N#Cc1ccc(N[C@@H]2CNC(=O)C2)c(F)c1. The number of rotatable bonds is 2. The Morgan fingerprint density at radius 2 is 2.38 bits per heavy atom. The van der Waals surface area contributed by atoms with E-state index in [-0.39, 0.29) is 17.5 Å². The van der Waals surface area contributed by atoms with E-state index >= 15 is 0 Å². The molecule has 1 aliphatic heterocycles. The summed E-state index contributed by atoms with van der Waals surface area (Å²) in [5.41, 5.74) is 0.601. The maximum Gasteiger partial charge on any atom is 0.222 e. The molecule has 0 aromatic heterocycles. The van der Waals surface area contributed by atoms with Crippen molar-refractivity contribution >= 4 is 11.6 Å². The van der Waals surface area contributed by atoms with Crippen LogP contribution in [0.1, 0.15) is 12.0 Å². The van der Waals surface area contributed by atoms with Crippen LogP contribution < -0.4 is 10.6 Å². The summed E-state index contributed by atoms with van der Waals surface area (Å²) in [4.78, 5) is 10.9. The molecule has 1 aromatic rings. The molecule has 2 rings (SSSR count). The zero-order chi connectivity index (χ0) is 11.5. The minimum atomic E-state index is -0.474. The molecule has 5 heteroatoms. The van der Waals surface area contributed by atoms with Gasteiger partial charge in [-0.25, -0.2) is 4.39 Å². The van der Waals surface area contributed by atoms with Crippen molar-refractivity contribution < 1.29 is 9.18 Å². The van der Waals surface area contributed by atoms with Crippen LogP contribution >= 0.6 is 0 Å². The third kappa shape index (κ3) is 2.11. The topological polar surface area (TPSA) is 64.9 Å². The lowest BCUT2D eigenvalue weighted by Gasteiger charge is -2.12. The fraction of sp³-hybridized carbons (Fsp3) is 0.273. The Morgan fingerprint density at radius 3 is 2.94 bits per heavy atom. The summed E-state index contributed by atoms with van der Waals surface area (Å²) in [5.74, 6) is -0.509. The Balaban J connectivity index is 2.10. The molecule has 0 bridgehead atoms. The number of amides is 1. The summed E-state index contributed by atoms with van der Waals surface area (Å²) in [5, 5.41) is 14.2. The summed E-state index contributed by atoms with van der Waals surface area (Å²) < 4.78 is 13.5. The van der Waals surface area contributed by atoms with Crippen molar-refractivity contribution in [2.45, 2.75) is 12.5 Å². The first-order valence-corrected chi connectivity index (χ1v) is 4.92. The van der Waals surface area contributed by atoms with Crippen LogP contribution in [-0.2, 0) is 4.79 Å². The lowest BCUT2D eigenvalue weighted by atomic mass is 10.2. The van der Waals surface area contributed by atoms with Crippen LogP contribution in [0, 0.1) is 17.1 Å². The van der Waals surface area contributed by atoms with Crippen LogP contribution in [0.2, 0.25) is 0 Å². The van der Waals surface area contributed by atoms with Crippen LogP contribution in [0.25, 0.3) is 0 Å². The van der Waals surface area contributed by atoms with E-state index in [1.54, 1.807) is 0 Å². The van der Waals surface area contributed by atoms with E-state index in [9.17, 15) is 9.18 Å². The molecular weight excluding hydrogens is 209 g/mol. The van der Waals surface area contributed by atoms with E-state index in [2.05, 4.69) is 10.6 Å². The average Bonchev–Trinajstić information content (AvgIpc) is 2.67. The third-order valence-corrected chi connectivity index (χ3v) is 2.44. The zero-order valence-corrected chi connectivity index (χ0v) is 8.46. The number of anilines is 1. The fourth-order valence-electron chi connectivity index (χ4n) is 1.63. The van der Waals surface area contributed by atoms with E-state index in [4.69, 9.17) is 5.26 Å². The number of nitrogens with zero attached hydrogens (tertiary/aromatic N) is 1. The van der Waals surface area contributed by atoms with Gasteiger partial charge < -0.3 is 10.6 Å². The molecule has 82 valence electrons. The van der Waals surface area contributed by atoms with Crippen LogP contribution in [0.3, 0.4) is 0 Å². The van der Waals surface area contributed by atoms with Gasteiger partial charge in [0, 0.05) is 13.0 Å². The predicted octanol–water partition coefficient (Wildman–Crippen LogP) is 0.998. The second-order valence-corrected chi connectivity index (χ2v) is 3.66. The van der Waals surface area contributed by atoms with Crippen molar-refractivity contribution in [3.8, 4) is 6.07 Å². The third-order valence-electron chi connectivity index (χ3n) is 2.44. The summed E-state index contributed by atoms with van der Waals surface area (Å²) >= 11 is 0. The largest absolute Gasteiger partial charge is 0.378 e. The quantitative estimate of drug-likeness (QED) is 0.779. The van der Waals surface area contributed by atoms with Crippen LogP contribution in [0.4, 0.5) is 10.1 Å². The second kappa shape index (κ2) is 4.19. The number of halogens is 1. The molecular formula is C11H10FN3O. The summed E-state index contributed by atoms with van der Waals surface area (Å²) in [7, 11) is 0. The van der Waals surface area contributed by atoms with E-state index in [0.717, 1.165) is 0 Å². The van der Waals surface area contributed by atoms with Gasteiger partial charge in [0.2, 0.25) is 5.91 Å². The highest BCUT2D eigenvalue weighted by Gasteiger charge is 2.21. The van der Waals surface area contributed by atoms with E-state index in [1.165, 1.54) is 18.2 Å².